The zero-order valence-corrected chi connectivity index (χ0v) is 16.3. The normalized spacial score (nSPS) is 18.4. The summed E-state index contributed by atoms with van der Waals surface area (Å²) in [4.78, 5) is 36.4. The molecule has 2 aliphatic rings. The second-order valence-electron chi connectivity index (χ2n) is 7.88. The van der Waals surface area contributed by atoms with Gasteiger partial charge in [-0.15, -0.1) is 0 Å². The van der Waals surface area contributed by atoms with Crippen LogP contribution in [0.2, 0.25) is 0 Å². The SMILES string of the molecule is Cn1ccnc1CN1CCC2(CC1)C(=O)N(c1ccc(=O)[nH]c1)c1ccccc12. The first-order valence-corrected chi connectivity index (χ1v) is 9.90. The highest BCUT2D eigenvalue weighted by molar-refractivity contribution is 6.13. The average Bonchev–Trinajstić information content (AvgIpc) is 3.24. The maximum Gasteiger partial charge on any atom is 0.248 e. The highest BCUT2D eigenvalue weighted by Crippen LogP contribution is 2.50. The number of likely N-dealkylation sites (tertiary alicyclic amines) is 1. The van der Waals surface area contributed by atoms with Crippen molar-refractivity contribution < 1.29 is 4.79 Å². The number of nitrogens with one attached hydrogen (secondary N) is 1. The third-order valence-corrected chi connectivity index (χ3v) is 6.29. The lowest BCUT2D eigenvalue weighted by Gasteiger charge is -2.38. The smallest absolute Gasteiger partial charge is 0.248 e. The molecule has 0 radical (unpaired) electrons. The fourth-order valence-corrected chi connectivity index (χ4v) is 4.63. The number of carbonyl (C=O) groups is 1. The molecule has 29 heavy (non-hydrogen) atoms. The van der Waals surface area contributed by atoms with Crippen LogP contribution in [0.25, 0.3) is 0 Å². The maximum atomic E-state index is 13.7. The van der Waals surface area contributed by atoms with Crippen molar-refractivity contribution in [3.63, 3.8) is 0 Å². The lowest BCUT2D eigenvalue weighted by atomic mass is 9.73. The molecule has 0 saturated carbocycles. The molecule has 0 aliphatic carbocycles. The molecular formula is C22H23N5O2. The predicted octanol–water partition coefficient (Wildman–Crippen LogP) is 2.32. The van der Waals surface area contributed by atoms with Gasteiger partial charge in [0.05, 0.1) is 23.3 Å². The second-order valence-corrected chi connectivity index (χ2v) is 7.88. The summed E-state index contributed by atoms with van der Waals surface area (Å²) < 4.78 is 2.04. The number of nitrogens with zero attached hydrogens (tertiary/aromatic N) is 4. The number of hydrogen-bond acceptors (Lipinski definition) is 4. The number of piperidine rings is 1. The van der Waals surface area contributed by atoms with E-state index in [0.29, 0.717) is 5.69 Å². The van der Waals surface area contributed by atoms with Gasteiger partial charge in [0.1, 0.15) is 5.82 Å². The summed E-state index contributed by atoms with van der Waals surface area (Å²) >= 11 is 0. The molecule has 1 N–H and O–H groups in total. The molecule has 148 valence electrons. The minimum absolute atomic E-state index is 0.0994. The van der Waals surface area contributed by atoms with Crippen molar-refractivity contribution in [2.24, 2.45) is 7.05 Å². The van der Waals surface area contributed by atoms with Crippen LogP contribution >= 0.6 is 0 Å². The number of hydrogen-bond donors (Lipinski definition) is 1. The number of aromatic amines is 1. The number of benzene rings is 1. The lowest BCUT2D eigenvalue weighted by molar-refractivity contribution is -0.124. The Morgan fingerprint density at radius 3 is 2.59 bits per heavy atom. The Morgan fingerprint density at radius 2 is 1.90 bits per heavy atom. The molecule has 2 aromatic heterocycles. The van der Waals surface area contributed by atoms with Gasteiger partial charge in [-0.05, 0) is 43.6 Å². The molecule has 1 spiro atoms. The Kier molecular flexibility index (Phi) is 4.13. The molecule has 1 fully saturated rings. The molecule has 0 bridgehead atoms. The highest BCUT2D eigenvalue weighted by atomic mass is 16.2. The minimum Gasteiger partial charge on any atom is -0.337 e. The largest absolute Gasteiger partial charge is 0.337 e. The Hall–Kier alpha value is -3.19. The summed E-state index contributed by atoms with van der Waals surface area (Å²) in [6.45, 7) is 2.47. The minimum atomic E-state index is -0.509. The van der Waals surface area contributed by atoms with E-state index in [1.165, 1.54) is 6.07 Å². The molecule has 1 aromatic carbocycles. The Balaban J connectivity index is 1.45. The van der Waals surface area contributed by atoms with Gasteiger partial charge in [-0.25, -0.2) is 4.98 Å². The van der Waals surface area contributed by atoms with Crippen molar-refractivity contribution >= 4 is 17.3 Å². The Bertz CT molecular complexity index is 1100. The number of carbonyl (C=O) groups excluding carboxylic acids is 1. The summed E-state index contributed by atoms with van der Waals surface area (Å²) in [7, 11) is 2.01. The summed E-state index contributed by atoms with van der Waals surface area (Å²) in [6, 6.07) is 11.2. The van der Waals surface area contributed by atoms with Crippen LogP contribution in [-0.2, 0) is 23.8 Å². The molecular weight excluding hydrogens is 366 g/mol. The van der Waals surface area contributed by atoms with Gasteiger partial charge in [0.2, 0.25) is 11.5 Å². The van der Waals surface area contributed by atoms with E-state index < -0.39 is 5.41 Å². The van der Waals surface area contributed by atoms with Crippen LogP contribution in [0.15, 0.2) is 59.8 Å². The van der Waals surface area contributed by atoms with Gasteiger partial charge in [-0.1, -0.05) is 18.2 Å². The van der Waals surface area contributed by atoms with Gasteiger partial charge in [0.25, 0.3) is 0 Å². The number of aryl methyl sites for hydroxylation is 1. The quantitative estimate of drug-likeness (QED) is 0.746. The van der Waals surface area contributed by atoms with Gasteiger partial charge in [-0.2, -0.15) is 0 Å². The van der Waals surface area contributed by atoms with Gasteiger partial charge >= 0.3 is 0 Å². The number of imidazole rings is 1. The number of pyridine rings is 1. The fourth-order valence-electron chi connectivity index (χ4n) is 4.63. The van der Waals surface area contributed by atoms with Crippen molar-refractivity contribution in [1.82, 2.24) is 19.4 Å². The van der Waals surface area contributed by atoms with Crippen molar-refractivity contribution in [2.75, 3.05) is 18.0 Å². The molecule has 7 heteroatoms. The van der Waals surface area contributed by atoms with Gasteiger partial charge in [-0.3, -0.25) is 19.4 Å². The van der Waals surface area contributed by atoms with Crippen LogP contribution < -0.4 is 10.5 Å². The van der Waals surface area contributed by atoms with E-state index in [2.05, 4.69) is 20.9 Å². The zero-order chi connectivity index (χ0) is 20.0. The van der Waals surface area contributed by atoms with E-state index in [1.54, 1.807) is 17.2 Å². The van der Waals surface area contributed by atoms with Crippen LogP contribution in [0.4, 0.5) is 11.4 Å². The van der Waals surface area contributed by atoms with Crippen molar-refractivity contribution in [1.29, 1.82) is 0 Å². The van der Waals surface area contributed by atoms with Crippen LogP contribution in [0.1, 0.15) is 24.2 Å². The Labute approximate surface area is 168 Å². The third-order valence-electron chi connectivity index (χ3n) is 6.29. The molecule has 1 saturated heterocycles. The molecule has 0 atom stereocenters. The molecule has 0 unspecified atom stereocenters. The summed E-state index contributed by atoms with van der Waals surface area (Å²) in [5.74, 6) is 1.14. The maximum absolute atomic E-state index is 13.7. The van der Waals surface area contributed by atoms with Gasteiger partial charge < -0.3 is 9.55 Å². The summed E-state index contributed by atoms with van der Waals surface area (Å²) in [5, 5.41) is 0. The van der Waals surface area contributed by atoms with Crippen LogP contribution in [0.5, 0.6) is 0 Å². The van der Waals surface area contributed by atoms with Gasteiger partial charge in [0, 0.05) is 31.7 Å². The number of amides is 1. The van der Waals surface area contributed by atoms with Crippen molar-refractivity contribution in [2.45, 2.75) is 24.8 Å². The standard InChI is InChI=1S/C22H23N5O2/c1-25-13-10-23-19(25)15-26-11-8-22(9-12-26)17-4-2-3-5-18(17)27(21(22)29)16-6-7-20(28)24-14-16/h2-7,10,13-14H,8-9,11-12,15H2,1H3,(H,24,28). The number of aromatic nitrogens is 3. The topological polar surface area (TPSA) is 74.2 Å². The molecule has 5 rings (SSSR count). The van der Waals surface area contributed by atoms with Crippen molar-refractivity contribution in [3.05, 3.63) is 76.7 Å². The number of H-pyrrole nitrogens is 1. The van der Waals surface area contributed by atoms with Crippen LogP contribution in [-0.4, -0.2) is 38.4 Å². The third kappa shape index (κ3) is 2.81. The fraction of sp³-hybridized carbons (Fsp3) is 0.318. The number of rotatable bonds is 3. The first kappa shape index (κ1) is 17.9. The number of anilines is 2. The number of para-hydroxylation sites is 1. The van der Waals surface area contributed by atoms with E-state index in [0.717, 1.165) is 49.6 Å². The van der Waals surface area contributed by atoms with Crippen LogP contribution in [0, 0.1) is 0 Å². The van der Waals surface area contributed by atoms with E-state index in [-0.39, 0.29) is 11.5 Å². The van der Waals surface area contributed by atoms with Crippen LogP contribution in [0.3, 0.4) is 0 Å². The summed E-state index contributed by atoms with van der Waals surface area (Å²) in [6.07, 6.45) is 6.94. The highest BCUT2D eigenvalue weighted by Gasteiger charge is 2.52. The first-order valence-electron chi connectivity index (χ1n) is 9.90. The zero-order valence-electron chi connectivity index (χ0n) is 16.3. The Morgan fingerprint density at radius 1 is 1.10 bits per heavy atom. The van der Waals surface area contributed by atoms with Crippen molar-refractivity contribution in [3.8, 4) is 0 Å². The lowest BCUT2D eigenvalue weighted by Crippen LogP contribution is -2.47. The molecule has 3 aromatic rings. The average molecular weight is 389 g/mol. The monoisotopic (exact) mass is 389 g/mol. The molecule has 1 amide bonds. The van der Waals surface area contributed by atoms with E-state index >= 15 is 0 Å². The number of fused-ring (bicyclic) bond motifs is 2. The second kappa shape index (κ2) is 6.70. The first-order chi connectivity index (χ1) is 14.1. The molecule has 4 heterocycles. The van der Waals surface area contributed by atoms with E-state index in [1.807, 2.05) is 42.2 Å². The molecule has 2 aliphatic heterocycles. The van der Waals surface area contributed by atoms with Gasteiger partial charge in [0.15, 0.2) is 0 Å². The predicted molar refractivity (Wildman–Crippen MR) is 110 cm³/mol. The van der Waals surface area contributed by atoms with E-state index in [4.69, 9.17) is 0 Å². The molecule has 7 nitrogen and oxygen atoms in total. The van der Waals surface area contributed by atoms with E-state index in [9.17, 15) is 9.59 Å². The summed E-state index contributed by atoms with van der Waals surface area (Å²) in [5.41, 5.74) is 2.03.